The molecule has 29 heavy (non-hydrogen) atoms. The van der Waals surface area contributed by atoms with E-state index in [1.54, 1.807) is 32.4 Å². The van der Waals surface area contributed by atoms with Gasteiger partial charge in [0, 0.05) is 32.1 Å². The van der Waals surface area contributed by atoms with Crippen LogP contribution in [-0.2, 0) is 16.0 Å². The molecule has 0 spiro atoms. The number of carbonyl (C=O) groups excluding carboxylic acids is 1. The van der Waals surface area contributed by atoms with Crippen LogP contribution in [-0.4, -0.2) is 55.1 Å². The second kappa shape index (κ2) is 11.2. The summed E-state index contributed by atoms with van der Waals surface area (Å²) in [4.78, 5) is 26.8. The summed E-state index contributed by atoms with van der Waals surface area (Å²) in [6, 6.07) is 5.29. The van der Waals surface area contributed by atoms with Crippen LogP contribution < -0.4 is 20.3 Å². The molecule has 1 aromatic heterocycles. The van der Waals surface area contributed by atoms with Gasteiger partial charge in [0.25, 0.3) is 5.56 Å². The summed E-state index contributed by atoms with van der Waals surface area (Å²) >= 11 is 0. The molecule has 0 saturated carbocycles. The van der Waals surface area contributed by atoms with E-state index in [9.17, 15) is 9.59 Å². The van der Waals surface area contributed by atoms with Crippen molar-refractivity contribution in [2.75, 3.05) is 34.0 Å². The average molecular weight is 404 g/mol. The van der Waals surface area contributed by atoms with E-state index >= 15 is 0 Å². The monoisotopic (exact) mass is 404 g/mol. The van der Waals surface area contributed by atoms with Gasteiger partial charge in [0.1, 0.15) is 5.69 Å². The highest BCUT2D eigenvalue weighted by molar-refractivity contribution is 5.76. The number of aromatic nitrogens is 3. The lowest BCUT2D eigenvalue weighted by atomic mass is 10.2. The highest BCUT2D eigenvalue weighted by Gasteiger charge is 2.12. The number of hydrogen-bond acceptors (Lipinski definition) is 7. The predicted octanol–water partition coefficient (Wildman–Crippen LogP) is 1.57. The van der Waals surface area contributed by atoms with E-state index in [1.807, 2.05) is 0 Å². The van der Waals surface area contributed by atoms with E-state index in [0.29, 0.717) is 48.6 Å². The molecule has 0 fully saturated rings. The van der Waals surface area contributed by atoms with Crippen LogP contribution in [0.2, 0.25) is 0 Å². The Morgan fingerprint density at radius 2 is 2.00 bits per heavy atom. The van der Waals surface area contributed by atoms with Gasteiger partial charge in [-0.15, -0.1) is 10.2 Å². The molecular formula is C20H28N4O5. The van der Waals surface area contributed by atoms with Gasteiger partial charge in [0.2, 0.25) is 5.91 Å². The van der Waals surface area contributed by atoms with Crippen LogP contribution in [0.4, 0.5) is 0 Å². The number of aryl methyl sites for hydroxylation is 1. The van der Waals surface area contributed by atoms with E-state index in [1.165, 1.54) is 0 Å². The van der Waals surface area contributed by atoms with E-state index < -0.39 is 0 Å². The lowest BCUT2D eigenvalue weighted by molar-refractivity contribution is -0.121. The van der Waals surface area contributed by atoms with Crippen molar-refractivity contribution in [3.8, 4) is 22.9 Å². The minimum absolute atomic E-state index is 0.149. The van der Waals surface area contributed by atoms with Crippen molar-refractivity contribution >= 4 is 5.91 Å². The molecular weight excluding hydrogens is 376 g/mol. The number of benzene rings is 1. The van der Waals surface area contributed by atoms with Crippen LogP contribution >= 0.6 is 0 Å². The molecule has 158 valence electrons. The largest absolute Gasteiger partial charge is 0.493 e. The maximum atomic E-state index is 12.3. The van der Waals surface area contributed by atoms with E-state index in [2.05, 4.69) is 34.3 Å². The Hall–Kier alpha value is -2.94. The number of aromatic amines is 1. The average Bonchev–Trinajstić information content (AvgIpc) is 2.71. The SMILES string of the molecule is COCCNC(=O)CCc1nnc(-c2ccc(OCC(C)C)c(OC)c2)[nH]c1=O. The Labute approximate surface area is 169 Å². The number of H-pyrrole nitrogens is 1. The van der Waals surface area contributed by atoms with Crippen LogP contribution in [0.5, 0.6) is 11.5 Å². The molecule has 0 aliphatic heterocycles. The number of rotatable bonds is 11. The quantitative estimate of drug-likeness (QED) is 0.546. The molecule has 1 heterocycles. The molecule has 9 nitrogen and oxygen atoms in total. The molecule has 2 aromatic rings. The van der Waals surface area contributed by atoms with Gasteiger partial charge >= 0.3 is 0 Å². The fraction of sp³-hybridized carbons (Fsp3) is 0.500. The molecule has 0 saturated heterocycles. The summed E-state index contributed by atoms with van der Waals surface area (Å²) in [5.74, 6) is 1.70. The van der Waals surface area contributed by atoms with Crippen LogP contribution in [0.1, 0.15) is 26.0 Å². The summed E-state index contributed by atoms with van der Waals surface area (Å²) in [6.45, 7) is 5.55. The summed E-state index contributed by atoms with van der Waals surface area (Å²) in [6.07, 6.45) is 0.350. The number of nitrogens with one attached hydrogen (secondary N) is 2. The Kier molecular flexibility index (Phi) is 8.60. The number of amides is 1. The third-order valence-electron chi connectivity index (χ3n) is 3.99. The van der Waals surface area contributed by atoms with Gasteiger partial charge in [0.15, 0.2) is 17.3 Å². The standard InChI is InChI=1S/C20H28N4O5/c1-13(2)12-29-16-7-5-14(11-17(16)28-4)19-22-20(26)15(23-24-19)6-8-18(25)21-9-10-27-3/h5,7,11,13H,6,8-10,12H2,1-4H3,(H,21,25)(H,22,24,26). The van der Waals surface area contributed by atoms with E-state index in [4.69, 9.17) is 14.2 Å². The normalized spacial score (nSPS) is 10.8. The second-order valence-corrected chi connectivity index (χ2v) is 6.86. The van der Waals surface area contributed by atoms with Crippen molar-refractivity contribution in [1.29, 1.82) is 0 Å². The predicted molar refractivity (Wildman–Crippen MR) is 108 cm³/mol. The smallest absolute Gasteiger partial charge is 0.273 e. The third kappa shape index (κ3) is 6.86. The summed E-state index contributed by atoms with van der Waals surface area (Å²) in [5.41, 5.74) is 0.477. The number of methoxy groups -OCH3 is 2. The third-order valence-corrected chi connectivity index (χ3v) is 3.99. The molecule has 0 aliphatic carbocycles. The van der Waals surface area contributed by atoms with Crippen LogP contribution in [0, 0.1) is 5.92 Å². The first kappa shape index (κ1) is 22.4. The maximum Gasteiger partial charge on any atom is 0.273 e. The number of nitrogens with zero attached hydrogens (tertiary/aromatic N) is 2. The van der Waals surface area contributed by atoms with E-state index in [0.717, 1.165) is 0 Å². The fourth-order valence-corrected chi connectivity index (χ4v) is 2.46. The van der Waals surface area contributed by atoms with Gasteiger partial charge in [-0.1, -0.05) is 13.8 Å². The first-order valence-electron chi connectivity index (χ1n) is 9.47. The fourth-order valence-electron chi connectivity index (χ4n) is 2.46. The van der Waals surface area contributed by atoms with Crippen molar-refractivity contribution in [3.63, 3.8) is 0 Å². The Morgan fingerprint density at radius 3 is 2.66 bits per heavy atom. The number of hydrogen-bond donors (Lipinski definition) is 2. The number of ether oxygens (including phenoxy) is 3. The summed E-state index contributed by atoms with van der Waals surface area (Å²) in [7, 11) is 3.11. The Balaban J connectivity index is 2.07. The summed E-state index contributed by atoms with van der Waals surface area (Å²) < 4.78 is 16.0. The van der Waals surface area contributed by atoms with Gasteiger partial charge in [-0.25, -0.2) is 0 Å². The molecule has 0 aliphatic rings. The van der Waals surface area contributed by atoms with Crippen LogP contribution in [0.3, 0.4) is 0 Å². The molecule has 2 N–H and O–H groups in total. The van der Waals surface area contributed by atoms with E-state index in [-0.39, 0.29) is 30.0 Å². The minimum Gasteiger partial charge on any atom is -0.493 e. The molecule has 2 rings (SSSR count). The van der Waals surface area contributed by atoms with Crippen LogP contribution in [0.15, 0.2) is 23.0 Å². The maximum absolute atomic E-state index is 12.3. The summed E-state index contributed by atoms with van der Waals surface area (Å²) in [5, 5.41) is 10.8. The lowest BCUT2D eigenvalue weighted by Crippen LogP contribution is -2.28. The zero-order valence-electron chi connectivity index (χ0n) is 17.3. The van der Waals surface area contributed by atoms with Gasteiger partial charge in [0.05, 0.1) is 20.3 Å². The second-order valence-electron chi connectivity index (χ2n) is 6.86. The van der Waals surface area contributed by atoms with Crippen molar-refractivity contribution in [3.05, 3.63) is 34.2 Å². The molecule has 0 atom stereocenters. The van der Waals surface area contributed by atoms with Gasteiger partial charge in [-0.2, -0.15) is 0 Å². The highest BCUT2D eigenvalue weighted by Crippen LogP contribution is 2.31. The van der Waals surface area contributed by atoms with Gasteiger partial charge in [-0.05, 0) is 24.1 Å². The Bertz CT molecular complexity index is 866. The van der Waals surface area contributed by atoms with Crippen molar-refractivity contribution in [1.82, 2.24) is 20.5 Å². The zero-order valence-corrected chi connectivity index (χ0v) is 17.3. The molecule has 0 radical (unpaired) electrons. The molecule has 0 bridgehead atoms. The molecule has 9 heteroatoms. The first-order chi connectivity index (χ1) is 13.9. The zero-order chi connectivity index (χ0) is 21.2. The van der Waals surface area contributed by atoms with Gasteiger partial charge < -0.3 is 24.5 Å². The van der Waals surface area contributed by atoms with Crippen LogP contribution in [0.25, 0.3) is 11.4 Å². The minimum atomic E-state index is -0.376. The topological polar surface area (TPSA) is 115 Å². The van der Waals surface area contributed by atoms with Crippen molar-refractivity contribution < 1.29 is 19.0 Å². The first-order valence-corrected chi connectivity index (χ1v) is 9.47. The molecule has 0 unspecified atom stereocenters. The Morgan fingerprint density at radius 1 is 1.21 bits per heavy atom. The molecule has 1 amide bonds. The van der Waals surface area contributed by atoms with Crippen molar-refractivity contribution in [2.24, 2.45) is 5.92 Å². The van der Waals surface area contributed by atoms with Crippen molar-refractivity contribution in [2.45, 2.75) is 26.7 Å². The molecule has 1 aromatic carbocycles. The number of carbonyl (C=O) groups is 1. The van der Waals surface area contributed by atoms with Gasteiger partial charge in [-0.3, -0.25) is 9.59 Å². The lowest BCUT2D eigenvalue weighted by Gasteiger charge is -2.13. The highest BCUT2D eigenvalue weighted by atomic mass is 16.5.